The molecule has 21 heavy (non-hydrogen) atoms. The van der Waals surface area contributed by atoms with Gasteiger partial charge in [-0.1, -0.05) is 66.7 Å². The number of carbonyl (C=O) groups is 1. The quantitative estimate of drug-likeness (QED) is 0.518. The molecule has 2 heteroatoms. The SMILES string of the molecule is CC(C(=O)Oc1cccc2ccccc12)c1ccccc1. The zero-order chi connectivity index (χ0) is 14.7. The van der Waals surface area contributed by atoms with Crippen LogP contribution in [0.3, 0.4) is 0 Å². The van der Waals surface area contributed by atoms with E-state index < -0.39 is 0 Å². The van der Waals surface area contributed by atoms with Gasteiger partial charge < -0.3 is 4.74 Å². The fourth-order valence-corrected chi connectivity index (χ4v) is 2.36. The fraction of sp³-hybridized carbons (Fsp3) is 0.105. The minimum Gasteiger partial charge on any atom is -0.425 e. The molecule has 3 aromatic carbocycles. The van der Waals surface area contributed by atoms with Crippen LogP contribution in [0.2, 0.25) is 0 Å². The topological polar surface area (TPSA) is 26.3 Å². The van der Waals surface area contributed by atoms with E-state index in [0.717, 1.165) is 16.3 Å². The highest BCUT2D eigenvalue weighted by atomic mass is 16.5. The second-order valence-electron chi connectivity index (χ2n) is 5.03. The van der Waals surface area contributed by atoms with Gasteiger partial charge in [0.2, 0.25) is 0 Å². The molecule has 1 atom stereocenters. The van der Waals surface area contributed by atoms with Gasteiger partial charge in [0.05, 0.1) is 5.92 Å². The largest absolute Gasteiger partial charge is 0.425 e. The average Bonchev–Trinajstić information content (AvgIpc) is 2.55. The summed E-state index contributed by atoms with van der Waals surface area (Å²) < 4.78 is 5.60. The number of esters is 1. The third kappa shape index (κ3) is 2.79. The van der Waals surface area contributed by atoms with Gasteiger partial charge in [-0.3, -0.25) is 4.79 Å². The van der Waals surface area contributed by atoms with Gasteiger partial charge in [0.1, 0.15) is 5.75 Å². The van der Waals surface area contributed by atoms with Crippen LogP contribution in [0.4, 0.5) is 0 Å². The molecule has 0 aliphatic carbocycles. The molecule has 0 fully saturated rings. The molecule has 104 valence electrons. The molecule has 0 aliphatic heterocycles. The van der Waals surface area contributed by atoms with Crippen molar-refractivity contribution in [1.29, 1.82) is 0 Å². The number of carbonyl (C=O) groups excluding carboxylic acids is 1. The molecule has 0 aromatic heterocycles. The van der Waals surface area contributed by atoms with Gasteiger partial charge in [-0.2, -0.15) is 0 Å². The van der Waals surface area contributed by atoms with Gasteiger partial charge >= 0.3 is 5.97 Å². The number of rotatable bonds is 3. The van der Waals surface area contributed by atoms with Crippen LogP contribution in [0.25, 0.3) is 10.8 Å². The molecule has 0 heterocycles. The van der Waals surface area contributed by atoms with E-state index in [1.165, 1.54) is 0 Å². The summed E-state index contributed by atoms with van der Waals surface area (Å²) in [5, 5.41) is 2.02. The lowest BCUT2D eigenvalue weighted by Crippen LogP contribution is -2.16. The van der Waals surface area contributed by atoms with Crippen molar-refractivity contribution in [3.8, 4) is 5.75 Å². The standard InChI is InChI=1S/C19H16O2/c1-14(15-8-3-2-4-9-15)19(20)21-18-13-7-11-16-10-5-6-12-17(16)18/h2-14H,1H3. The second kappa shape index (κ2) is 5.80. The van der Waals surface area contributed by atoms with Crippen molar-refractivity contribution < 1.29 is 9.53 Å². The van der Waals surface area contributed by atoms with E-state index in [1.807, 2.05) is 79.7 Å². The molecule has 1 unspecified atom stereocenters. The van der Waals surface area contributed by atoms with Gasteiger partial charge in [0.15, 0.2) is 0 Å². The molecule has 0 saturated carbocycles. The first kappa shape index (κ1) is 13.4. The molecule has 0 saturated heterocycles. The van der Waals surface area contributed by atoms with Gasteiger partial charge in [0, 0.05) is 5.39 Å². The van der Waals surface area contributed by atoms with Gasteiger partial charge in [-0.25, -0.2) is 0 Å². The molecule has 0 aliphatic rings. The Kier molecular flexibility index (Phi) is 3.69. The Bertz CT molecular complexity index is 757. The predicted octanol–water partition coefficient (Wildman–Crippen LogP) is 4.55. The maximum Gasteiger partial charge on any atom is 0.318 e. The van der Waals surface area contributed by atoms with Crippen LogP contribution < -0.4 is 4.74 Å². The summed E-state index contributed by atoms with van der Waals surface area (Å²) >= 11 is 0. The first-order valence-electron chi connectivity index (χ1n) is 7.00. The summed E-state index contributed by atoms with van der Waals surface area (Å²) in [4.78, 5) is 12.3. The van der Waals surface area contributed by atoms with Crippen LogP contribution >= 0.6 is 0 Å². The lowest BCUT2D eigenvalue weighted by molar-refractivity contribution is -0.135. The minimum absolute atomic E-state index is 0.238. The minimum atomic E-state index is -0.287. The van der Waals surface area contributed by atoms with Gasteiger partial charge in [-0.15, -0.1) is 0 Å². The summed E-state index contributed by atoms with van der Waals surface area (Å²) in [6.45, 7) is 1.86. The molecule has 3 rings (SSSR count). The molecule has 0 amide bonds. The Morgan fingerprint density at radius 1 is 0.857 bits per heavy atom. The molecular weight excluding hydrogens is 260 g/mol. The highest BCUT2D eigenvalue weighted by molar-refractivity contribution is 5.91. The monoisotopic (exact) mass is 276 g/mol. The van der Waals surface area contributed by atoms with Crippen molar-refractivity contribution in [2.45, 2.75) is 12.8 Å². The maximum atomic E-state index is 12.3. The Morgan fingerprint density at radius 3 is 2.33 bits per heavy atom. The van der Waals surface area contributed by atoms with Gasteiger partial charge in [0.25, 0.3) is 0 Å². The second-order valence-corrected chi connectivity index (χ2v) is 5.03. The molecule has 3 aromatic rings. The molecular formula is C19H16O2. The first-order valence-corrected chi connectivity index (χ1v) is 7.00. The molecule has 0 spiro atoms. The average molecular weight is 276 g/mol. The van der Waals surface area contributed by atoms with Crippen molar-refractivity contribution in [3.05, 3.63) is 78.4 Å². The van der Waals surface area contributed by atoms with E-state index in [2.05, 4.69) is 0 Å². The van der Waals surface area contributed by atoms with E-state index >= 15 is 0 Å². The predicted molar refractivity (Wildman–Crippen MR) is 84.4 cm³/mol. The first-order chi connectivity index (χ1) is 10.3. The number of fused-ring (bicyclic) bond motifs is 1. The highest BCUT2D eigenvalue weighted by Gasteiger charge is 2.18. The Labute approximate surface area is 124 Å². The molecule has 0 bridgehead atoms. The zero-order valence-electron chi connectivity index (χ0n) is 11.8. The highest BCUT2D eigenvalue weighted by Crippen LogP contribution is 2.27. The lowest BCUT2D eigenvalue weighted by atomic mass is 10.0. The molecule has 0 radical (unpaired) electrons. The van der Waals surface area contributed by atoms with Gasteiger partial charge in [-0.05, 0) is 23.9 Å². The number of benzene rings is 3. The summed E-state index contributed by atoms with van der Waals surface area (Å²) in [7, 11) is 0. The van der Waals surface area contributed by atoms with Crippen molar-refractivity contribution in [2.75, 3.05) is 0 Å². The fourth-order valence-electron chi connectivity index (χ4n) is 2.36. The number of hydrogen-bond donors (Lipinski definition) is 0. The number of ether oxygens (including phenoxy) is 1. The third-order valence-electron chi connectivity index (χ3n) is 3.61. The maximum absolute atomic E-state index is 12.3. The Balaban J connectivity index is 1.87. The van der Waals surface area contributed by atoms with Crippen molar-refractivity contribution >= 4 is 16.7 Å². The summed E-state index contributed by atoms with van der Waals surface area (Å²) in [5.41, 5.74) is 0.961. The van der Waals surface area contributed by atoms with Crippen molar-refractivity contribution in [1.82, 2.24) is 0 Å². The van der Waals surface area contributed by atoms with E-state index in [1.54, 1.807) is 0 Å². The van der Waals surface area contributed by atoms with E-state index in [9.17, 15) is 4.79 Å². The van der Waals surface area contributed by atoms with Crippen LogP contribution in [0.5, 0.6) is 5.75 Å². The van der Waals surface area contributed by atoms with E-state index in [0.29, 0.717) is 5.75 Å². The molecule has 2 nitrogen and oxygen atoms in total. The summed E-state index contributed by atoms with van der Waals surface area (Å²) in [6, 6.07) is 23.3. The van der Waals surface area contributed by atoms with E-state index in [4.69, 9.17) is 4.74 Å². The molecule has 0 N–H and O–H groups in total. The van der Waals surface area contributed by atoms with Crippen LogP contribution in [0.1, 0.15) is 18.4 Å². The zero-order valence-corrected chi connectivity index (χ0v) is 11.8. The van der Waals surface area contributed by atoms with Crippen LogP contribution in [0.15, 0.2) is 72.8 Å². The van der Waals surface area contributed by atoms with Crippen molar-refractivity contribution in [3.63, 3.8) is 0 Å². The lowest BCUT2D eigenvalue weighted by Gasteiger charge is -2.13. The Morgan fingerprint density at radius 2 is 1.52 bits per heavy atom. The van der Waals surface area contributed by atoms with E-state index in [-0.39, 0.29) is 11.9 Å². The summed E-state index contributed by atoms with van der Waals surface area (Å²) in [6.07, 6.45) is 0. The Hall–Kier alpha value is -2.61. The summed E-state index contributed by atoms with van der Waals surface area (Å²) in [5.74, 6) is 0.0867. The van der Waals surface area contributed by atoms with Crippen LogP contribution in [-0.4, -0.2) is 5.97 Å². The number of hydrogen-bond acceptors (Lipinski definition) is 2. The van der Waals surface area contributed by atoms with Crippen molar-refractivity contribution in [2.24, 2.45) is 0 Å². The third-order valence-corrected chi connectivity index (χ3v) is 3.61. The van der Waals surface area contributed by atoms with Crippen LogP contribution in [-0.2, 0) is 4.79 Å². The smallest absolute Gasteiger partial charge is 0.318 e. The normalized spacial score (nSPS) is 12.0. The van der Waals surface area contributed by atoms with Crippen LogP contribution in [0, 0.1) is 0 Å².